The zero-order chi connectivity index (χ0) is 23.6. The summed E-state index contributed by atoms with van der Waals surface area (Å²) in [6.45, 7) is 4.79. The second-order valence-electron chi connectivity index (χ2n) is 7.15. The third-order valence-corrected chi connectivity index (χ3v) is 5.44. The predicted octanol–water partition coefficient (Wildman–Crippen LogP) is 4.27. The van der Waals surface area contributed by atoms with Crippen molar-refractivity contribution in [1.29, 1.82) is 0 Å². The third kappa shape index (κ3) is 6.56. The smallest absolute Gasteiger partial charge is 0.411 e. The van der Waals surface area contributed by atoms with E-state index in [-0.39, 0.29) is 19.9 Å². The van der Waals surface area contributed by atoms with Gasteiger partial charge in [0.1, 0.15) is 24.1 Å². The molecule has 2 aromatic carbocycles. The highest BCUT2D eigenvalue weighted by Gasteiger charge is 2.41. The third-order valence-electron chi connectivity index (χ3n) is 4.91. The summed E-state index contributed by atoms with van der Waals surface area (Å²) in [4.78, 5) is 26.3. The maximum atomic E-state index is 13.0. The molecule has 8 nitrogen and oxygen atoms in total. The van der Waals surface area contributed by atoms with Crippen LogP contribution in [0.25, 0.3) is 0 Å². The lowest BCUT2D eigenvalue weighted by molar-refractivity contribution is -0.115. The van der Waals surface area contributed by atoms with Gasteiger partial charge in [0.05, 0.1) is 13.2 Å². The van der Waals surface area contributed by atoms with Gasteiger partial charge in [0.15, 0.2) is 19.2 Å². The van der Waals surface area contributed by atoms with Crippen molar-refractivity contribution in [3.05, 3.63) is 70.7 Å². The molecule has 1 aliphatic heterocycles. The minimum absolute atomic E-state index is 0.0479. The van der Waals surface area contributed by atoms with Gasteiger partial charge in [0.2, 0.25) is 0 Å². The van der Waals surface area contributed by atoms with E-state index in [1.807, 2.05) is 24.3 Å². The van der Waals surface area contributed by atoms with Crippen LogP contribution in [0.5, 0.6) is 11.5 Å². The van der Waals surface area contributed by atoms with E-state index >= 15 is 0 Å². The number of hydrogen-bond donors (Lipinski definition) is 0. The number of amides is 1. The van der Waals surface area contributed by atoms with Crippen molar-refractivity contribution < 1.29 is 33.3 Å². The highest BCUT2D eigenvalue weighted by Crippen LogP contribution is 2.42. The normalized spacial score (nSPS) is 16.4. The van der Waals surface area contributed by atoms with Gasteiger partial charge >= 0.3 is 6.09 Å². The van der Waals surface area contributed by atoms with Crippen molar-refractivity contribution in [3.8, 4) is 11.5 Å². The maximum absolute atomic E-state index is 13.0. The first kappa shape index (κ1) is 24.8. The summed E-state index contributed by atoms with van der Waals surface area (Å²) in [5, 5.41) is 0. The lowest BCUT2D eigenvalue weighted by Crippen LogP contribution is -2.40. The monoisotopic (exact) mass is 519 g/mol. The fourth-order valence-electron chi connectivity index (χ4n) is 3.37. The Morgan fingerprint density at radius 1 is 1.21 bits per heavy atom. The summed E-state index contributed by atoms with van der Waals surface area (Å²) in [6, 6.07) is 12.1. The molecule has 176 valence electrons. The molecule has 0 aromatic heterocycles. The van der Waals surface area contributed by atoms with Crippen molar-refractivity contribution in [2.24, 2.45) is 0 Å². The number of ether oxygens (including phenoxy) is 5. The molecular weight excluding hydrogens is 494 g/mol. The summed E-state index contributed by atoms with van der Waals surface area (Å²) < 4.78 is 27.9. The molecule has 0 saturated carbocycles. The van der Waals surface area contributed by atoms with Crippen molar-refractivity contribution in [2.75, 3.05) is 33.7 Å². The summed E-state index contributed by atoms with van der Waals surface area (Å²) in [6.07, 6.45) is 0.719. The molecule has 0 radical (unpaired) electrons. The zero-order valence-corrected chi connectivity index (χ0v) is 19.9. The van der Waals surface area contributed by atoms with Gasteiger partial charge in [-0.25, -0.2) is 4.79 Å². The molecular formula is C24H26BrNO7. The first-order valence-corrected chi connectivity index (χ1v) is 11.1. The Kier molecular flexibility index (Phi) is 9.29. The quantitative estimate of drug-likeness (QED) is 0.179. The fraction of sp³-hybridized carbons (Fsp3) is 0.333. The largest absolute Gasteiger partial charge is 0.480 e. The van der Waals surface area contributed by atoms with Crippen LogP contribution in [0.15, 0.2) is 59.6 Å². The van der Waals surface area contributed by atoms with Crippen molar-refractivity contribution in [3.63, 3.8) is 0 Å². The van der Waals surface area contributed by atoms with E-state index < -0.39 is 18.2 Å². The average molecular weight is 520 g/mol. The fourth-order valence-corrected chi connectivity index (χ4v) is 3.64. The minimum atomic E-state index is -0.889. The van der Waals surface area contributed by atoms with Gasteiger partial charge < -0.3 is 23.7 Å². The van der Waals surface area contributed by atoms with E-state index in [9.17, 15) is 9.59 Å². The minimum Gasteiger partial charge on any atom is -0.480 e. The highest BCUT2D eigenvalue weighted by atomic mass is 79.9. The Bertz CT molecular complexity index is 950. The summed E-state index contributed by atoms with van der Waals surface area (Å²) >= 11 is 3.41. The van der Waals surface area contributed by atoms with Crippen molar-refractivity contribution >= 4 is 28.3 Å². The Morgan fingerprint density at radius 2 is 2.00 bits per heavy atom. The first-order valence-electron chi connectivity index (χ1n) is 10.3. The Hall–Kier alpha value is -2.88. The molecule has 9 heteroatoms. The van der Waals surface area contributed by atoms with E-state index in [0.29, 0.717) is 36.6 Å². The molecule has 0 spiro atoms. The van der Waals surface area contributed by atoms with E-state index in [1.165, 1.54) is 11.0 Å². The number of nitrogens with zero attached hydrogens (tertiary/aromatic N) is 1. The second kappa shape index (κ2) is 12.4. The molecule has 1 aliphatic rings. The molecule has 33 heavy (non-hydrogen) atoms. The maximum Gasteiger partial charge on any atom is 0.411 e. The number of hydrogen-bond acceptors (Lipinski definition) is 7. The lowest BCUT2D eigenvalue weighted by Gasteiger charge is -2.29. The van der Waals surface area contributed by atoms with Crippen LogP contribution < -0.4 is 9.47 Å². The van der Waals surface area contributed by atoms with Crippen molar-refractivity contribution in [2.45, 2.75) is 18.7 Å². The molecule has 0 bridgehead atoms. The van der Waals surface area contributed by atoms with Gasteiger partial charge in [-0.15, -0.1) is 0 Å². The van der Waals surface area contributed by atoms with Crippen LogP contribution >= 0.6 is 15.9 Å². The van der Waals surface area contributed by atoms with Gasteiger partial charge in [0, 0.05) is 29.8 Å². The molecule has 0 saturated heterocycles. The van der Waals surface area contributed by atoms with E-state index in [1.54, 1.807) is 25.3 Å². The molecule has 2 aromatic rings. The number of fused-ring (bicyclic) bond motifs is 1. The summed E-state index contributed by atoms with van der Waals surface area (Å²) in [7, 11) is 1.59. The van der Waals surface area contributed by atoms with Crippen LogP contribution in [0, 0.1) is 0 Å². The molecule has 0 aliphatic carbocycles. The SMILES string of the molecule is C=CCOC(=O)N(Cc1ccc(Br)cc1)[C@H]1c2ccc(OCOCCOC)cc2O[C@@H]1C=O. The van der Waals surface area contributed by atoms with Crippen LogP contribution in [0.1, 0.15) is 17.2 Å². The van der Waals surface area contributed by atoms with Crippen molar-refractivity contribution in [1.82, 2.24) is 4.90 Å². The molecule has 2 atom stereocenters. The number of methoxy groups -OCH3 is 1. The second-order valence-corrected chi connectivity index (χ2v) is 8.06. The van der Waals surface area contributed by atoms with Gasteiger partial charge in [-0.2, -0.15) is 0 Å². The van der Waals surface area contributed by atoms with E-state index in [0.717, 1.165) is 10.0 Å². The number of rotatable bonds is 12. The van der Waals surface area contributed by atoms with Crippen LogP contribution in [0.4, 0.5) is 4.79 Å². The van der Waals surface area contributed by atoms with Crippen LogP contribution in [-0.2, 0) is 25.5 Å². The molecule has 0 fully saturated rings. The number of aldehydes is 1. The highest BCUT2D eigenvalue weighted by molar-refractivity contribution is 9.10. The topological polar surface area (TPSA) is 83.5 Å². The molecule has 1 amide bonds. The molecule has 0 unspecified atom stereocenters. The number of benzene rings is 2. The predicted molar refractivity (Wildman–Crippen MR) is 124 cm³/mol. The van der Waals surface area contributed by atoms with Gasteiger partial charge in [0.25, 0.3) is 0 Å². The average Bonchev–Trinajstić information content (AvgIpc) is 3.19. The van der Waals surface area contributed by atoms with Gasteiger partial charge in [-0.05, 0) is 29.8 Å². The summed E-state index contributed by atoms with van der Waals surface area (Å²) in [5.74, 6) is 0.981. The Morgan fingerprint density at radius 3 is 2.70 bits per heavy atom. The van der Waals surface area contributed by atoms with Crippen LogP contribution in [0.3, 0.4) is 0 Å². The van der Waals surface area contributed by atoms with Crippen LogP contribution in [0.2, 0.25) is 0 Å². The molecule has 0 N–H and O–H groups in total. The van der Waals surface area contributed by atoms with E-state index in [4.69, 9.17) is 23.7 Å². The van der Waals surface area contributed by atoms with E-state index in [2.05, 4.69) is 22.5 Å². The van der Waals surface area contributed by atoms with Gasteiger partial charge in [-0.3, -0.25) is 9.69 Å². The lowest BCUT2D eigenvalue weighted by atomic mass is 10.0. The molecule has 1 heterocycles. The number of carbonyl (C=O) groups excluding carboxylic acids is 2. The summed E-state index contributed by atoms with van der Waals surface area (Å²) in [5.41, 5.74) is 1.56. The Labute approximate surface area is 201 Å². The number of halogens is 1. The standard InChI is InChI=1S/C24H26BrNO7/c1-3-10-31-24(28)26(14-17-4-6-18(25)7-5-17)23-20-9-8-19(32-16-30-12-11-29-2)13-21(20)33-22(23)15-27/h3-9,13,15,22-23H,1,10-12,14,16H2,2H3/t22-,23+/m1/s1. The van der Waals surface area contributed by atoms with Crippen LogP contribution in [-0.4, -0.2) is 57.1 Å². The zero-order valence-electron chi connectivity index (χ0n) is 18.3. The Balaban J connectivity index is 1.83. The molecule has 3 rings (SSSR count). The first-order chi connectivity index (χ1) is 16.1. The number of carbonyl (C=O) groups is 2. The van der Waals surface area contributed by atoms with Gasteiger partial charge in [-0.1, -0.05) is 40.7 Å².